The summed E-state index contributed by atoms with van der Waals surface area (Å²) < 4.78 is 4.82. The van der Waals surface area contributed by atoms with Gasteiger partial charge in [0.25, 0.3) is 0 Å². The van der Waals surface area contributed by atoms with Crippen molar-refractivity contribution in [3.8, 4) is 17.2 Å². The molecule has 0 aliphatic heterocycles. The SMILES string of the molecule is [CH2]CCC(=O)Oc1cc(O)cc(O)c1. The second-order valence-electron chi connectivity index (χ2n) is 2.76. The molecule has 0 amide bonds. The highest BCUT2D eigenvalue weighted by atomic mass is 16.5. The summed E-state index contributed by atoms with van der Waals surface area (Å²) in [6, 6.07) is 3.65. The zero-order valence-corrected chi connectivity index (χ0v) is 7.56. The van der Waals surface area contributed by atoms with Crippen molar-refractivity contribution in [1.29, 1.82) is 0 Å². The lowest BCUT2D eigenvalue weighted by molar-refractivity contribution is -0.134. The van der Waals surface area contributed by atoms with Gasteiger partial charge in [0.2, 0.25) is 0 Å². The van der Waals surface area contributed by atoms with E-state index in [1.54, 1.807) is 0 Å². The second kappa shape index (κ2) is 4.50. The summed E-state index contributed by atoms with van der Waals surface area (Å²) in [6.07, 6.45) is 0.653. The van der Waals surface area contributed by atoms with Crippen LogP contribution in [0.25, 0.3) is 0 Å². The van der Waals surface area contributed by atoms with Gasteiger partial charge in [-0.15, -0.1) is 0 Å². The molecule has 1 aromatic rings. The molecule has 0 saturated heterocycles. The number of phenolic OH excluding ortho intramolecular Hbond substituents is 2. The minimum absolute atomic E-state index is 0.126. The highest BCUT2D eigenvalue weighted by molar-refractivity contribution is 5.72. The smallest absolute Gasteiger partial charge is 0.311 e. The van der Waals surface area contributed by atoms with Crippen LogP contribution in [0.2, 0.25) is 0 Å². The summed E-state index contributed by atoms with van der Waals surface area (Å²) in [6.45, 7) is 3.50. The summed E-state index contributed by atoms with van der Waals surface area (Å²) in [5.41, 5.74) is 0. The fourth-order valence-corrected chi connectivity index (χ4v) is 0.954. The van der Waals surface area contributed by atoms with Crippen LogP contribution in [0.4, 0.5) is 0 Å². The molecule has 4 nitrogen and oxygen atoms in total. The van der Waals surface area contributed by atoms with Gasteiger partial charge < -0.3 is 14.9 Å². The average molecular weight is 195 g/mol. The van der Waals surface area contributed by atoms with Crippen molar-refractivity contribution in [2.75, 3.05) is 0 Å². The van der Waals surface area contributed by atoms with Gasteiger partial charge in [0, 0.05) is 24.6 Å². The van der Waals surface area contributed by atoms with Crippen molar-refractivity contribution in [2.45, 2.75) is 12.8 Å². The van der Waals surface area contributed by atoms with Crippen LogP contribution < -0.4 is 4.74 Å². The lowest BCUT2D eigenvalue weighted by Gasteiger charge is -2.04. The van der Waals surface area contributed by atoms with E-state index in [0.29, 0.717) is 6.42 Å². The predicted octanol–water partition coefficient (Wildman–Crippen LogP) is 1.62. The van der Waals surface area contributed by atoms with Crippen LogP contribution in [-0.4, -0.2) is 16.2 Å². The van der Waals surface area contributed by atoms with Gasteiger partial charge in [-0.2, -0.15) is 0 Å². The van der Waals surface area contributed by atoms with Crippen LogP contribution in [0, 0.1) is 6.92 Å². The molecule has 0 aromatic heterocycles. The molecule has 0 saturated carbocycles. The molecule has 1 radical (unpaired) electrons. The number of benzene rings is 1. The lowest BCUT2D eigenvalue weighted by atomic mass is 10.3. The van der Waals surface area contributed by atoms with Gasteiger partial charge in [0.15, 0.2) is 0 Å². The maximum Gasteiger partial charge on any atom is 0.311 e. The second-order valence-corrected chi connectivity index (χ2v) is 2.76. The molecule has 4 heteroatoms. The predicted molar refractivity (Wildman–Crippen MR) is 50.0 cm³/mol. The van der Waals surface area contributed by atoms with E-state index in [4.69, 9.17) is 14.9 Å². The highest BCUT2D eigenvalue weighted by Gasteiger charge is 2.05. The molecule has 0 aliphatic carbocycles. The largest absolute Gasteiger partial charge is 0.508 e. The number of ether oxygens (including phenoxy) is 1. The molecule has 0 spiro atoms. The number of phenols is 2. The van der Waals surface area contributed by atoms with E-state index in [2.05, 4.69) is 6.92 Å². The minimum atomic E-state index is -0.440. The zero-order chi connectivity index (χ0) is 10.6. The average Bonchev–Trinajstić information content (AvgIpc) is 2.01. The summed E-state index contributed by atoms with van der Waals surface area (Å²) >= 11 is 0. The number of hydrogen-bond acceptors (Lipinski definition) is 4. The zero-order valence-electron chi connectivity index (χ0n) is 7.56. The number of hydrogen-bond donors (Lipinski definition) is 2. The van der Waals surface area contributed by atoms with Crippen molar-refractivity contribution >= 4 is 5.97 Å². The van der Waals surface area contributed by atoms with E-state index in [1.165, 1.54) is 12.1 Å². The van der Waals surface area contributed by atoms with Gasteiger partial charge >= 0.3 is 5.97 Å². The normalized spacial score (nSPS) is 9.79. The molecule has 0 bridgehead atoms. The molecule has 0 atom stereocenters. The third kappa shape index (κ3) is 2.97. The van der Waals surface area contributed by atoms with Crippen molar-refractivity contribution < 1.29 is 19.7 Å². The van der Waals surface area contributed by atoms with Crippen molar-refractivity contribution in [2.24, 2.45) is 0 Å². The van der Waals surface area contributed by atoms with Gasteiger partial charge in [0.1, 0.15) is 17.2 Å². The molecule has 2 N–H and O–H groups in total. The van der Waals surface area contributed by atoms with E-state index in [-0.39, 0.29) is 23.7 Å². The monoisotopic (exact) mass is 195 g/mol. The highest BCUT2D eigenvalue weighted by Crippen LogP contribution is 2.25. The van der Waals surface area contributed by atoms with E-state index >= 15 is 0 Å². The Kier molecular flexibility index (Phi) is 3.34. The van der Waals surface area contributed by atoms with Crippen LogP contribution in [-0.2, 0) is 4.79 Å². The Morgan fingerprint density at radius 3 is 2.36 bits per heavy atom. The Balaban J connectivity index is 2.71. The third-order valence-corrected chi connectivity index (χ3v) is 1.49. The number of carbonyl (C=O) groups excluding carboxylic acids is 1. The van der Waals surface area contributed by atoms with Crippen LogP contribution in [0.5, 0.6) is 17.2 Å². The molecule has 1 aromatic carbocycles. The van der Waals surface area contributed by atoms with Crippen molar-refractivity contribution in [1.82, 2.24) is 0 Å². The Morgan fingerprint density at radius 2 is 1.86 bits per heavy atom. The molecular weight excluding hydrogens is 184 g/mol. The minimum Gasteiger partial charge on any atom is -0.508 e. The Bertz CT molecular complexity index is 313. The van der Waals surface area contributed by atoms with Crippen molar-refractivity contribution in [3.63, 3.8) is 0 Å². The van der Waals surface area contributed by atoms with E-state index in [0.717, 1.165) is 6.07 Å². The van der Waals surface area contributed by atoms with Crippen LogP contribution >= 0.6 is 0 Å². The van der Waals surface area contributed by atoms with Crippen LogP contribution in [0.3, 0.4) is 0 Å². The summed E-state index contributed by atoms with van der Waals surface area (Å²) in [7, 11) is 0. The van der Waals surface area contributed by atoms with E-state index in [1.807, 2.05) is 0 Å². The molecule has 14 heavy (non-hydrogen) atoms. The fourth-order valence-electron chi connectivity index (χ4n) is 0.954. The van der Waals surface area contributed by atoms with E-state index < -0.39 is 5.97 Å². The first-order valence-corrected chi connectivity index (χ1v) is 4.15. The molecule has 0 unspecified atom stereocenters. The molecule has 75 valence electrons. The topological polar surface area (TPSA) is 66.8 Å². The van der Waals surface area contributed by atoms with Gasteiger partial charge in [0.05, 0.1) is 0 Å². The molecule has 0 fully saturated rings. The van der Waals surface area contributed by atoms with Gasteiger partial charge in [-0.1, -0.05) is 6.92 Å². The number of carbonyl (C=O) groups is 1. The quantitative estimate of drug-likeness (QED) is 0.568. The third-order valence-electron chi connectivity index (χ3n) is 1.49. The first-order chi connectivity index (χ1) is 6.61. The maximum atomic E-state index is 11.0. The van der Waals surface area contributed by atoms with Gasteiger partial charge in [-0.05, 0) is 6.42 Å². The van der Waals surface area contributed by atoms with Gasteiger partial charge in [-0.25, -0.2) is 0 Å². The first-order valence-electron chi connectivity index (χ1n) is 4.15. The molecule has 1 rings (SSSR count). The molecule has 0 aliphatic rings. The summed E-state index contributed by atoms with van der Waals surface area (Å²) in [5.74, 6) is -0.615. The Hall–Kier alpha value is -1.71. The van der Waals surface area contributed by atoms with Gasteiger partial charge in [-0.3, -0.25) is 4.79 Å². The Morgan fingerprint density at radius 1 is 1.29 bits per heavy atom. The van der Waals surface area contributed by atoms with Crippen LogP contribution in [0.1, 0.15) is 12.8 Å². The number of esters is 1. The van der Waals surface area contributed by atoms with E-state index in [9.17, 15) is 4.79 Å². The summed E-state index contributed by atoms with van der Waals surface area (Å²) in [4.78, 5) is 11.0. The maximum absolute atomic E-state index is 11.0. The number of aromatic hydroxyl groups is 2. The first kappa shape index (κ1) is 10.4. The molecule has 0 heterocycles. The van der Waals surface area contributed by atoms with Crippen molar-refractivity contribution in [3.05, 3.63) is 25.1 Å². The Labute approximate surface area is 81.8 Å². The summed E-state index contributed by atoms with van der Waals surface area (Å²) in [5, 5.41) is 18.1. The fraction of sp³-hybridized carbons (Fsp3) is 0.200. The lowest BCUT2D eigenvalue weighted by Crippen LogP contribution is -2.06. The van der Waals surface area contributed by atoms with Crippen LogP contribution in [0.15, 0.2) is 18.2 Å². The molecular formula is C10H11O4. The number of rotatable bonds is 3. The standard InChI is InChI=1S/C10H11O4/c1-2-3-10(13)14-9-5-7(11)4-8(12)6-9/h4-6,11-12H,1-3H2.